The van der Waals surface area contributed by atoms with Crippen molar-refractivity contribution < 1.29 is 9.59 Å². The van der Waals surface area contributed by atoms with Crippen molar-refractivity contribution in [3.63, 3.8) is 0 Å². The monoisotopic (exact) mass is 444 g/mol. The average Bonchev–Trinajstić information content (AvgIpc) is 3.19. The van der Waals surface area contributed by atoms with E-state index >= 15 is 0 Å². The maximum absolute atomic E-state index is 12.7. The summed E-state index contributed by atoms with van der Waals surface area (Å²) in [5.41, 5.74) is 4.91. The molecule has 2 amide bonds. The van der Waals surface area contributed by atoms with E-state index in [9.17, 15) is 9.59 Å². The number of hydrogen-bond acceptors (Lipinski definition) is 3. The smallest absolute Gasteiger partial charge is 0.255 e. The Morgan fingerprint density at radius 1 is 1.00 bits per heavy atom. The van der Waals surface area contributed by atoms with Gasteiger partial charge in [-0.3, -0.25) is 9.59 Å². The van der Waals surface area contributed by atoms with Crippen LogP contribution in [0.1, 0.15) is 52.2 Å². The molecule has 5 heteroatoms. The van der Waals surface area contributed by atoms with Crippen molar-refractivity contribution in [3.05, 3.63) is 101 Å². The normalized spacial score (nSPS) is 15.9. The van der Waals surface area contributed by atoms with Crippen LogP contribution in [0.15, 0.2) is 78.9 Å². The van der Waals surface area contributed by atoms with Crippen molar-refractivity contribution in [2.45, 2.75) is 31.6 Å². The maximum Gasteiger partial charge on any atom is 0.255 e. The maximum atomic E-state index is 12.7. The van der Waals surface area contributed by atoms with Crippen molar-refractivity contribution in [2.24, 2.45) is 0 Å². The molecule has 0 unspecified atom stereocenters. The fourth-order valence-electron chi connectivity index (χ4n) is 3.82. The zero-order valence-corrected chi connectivity index (χ0v) is 19.3. The second-order valence-corrected chi connectivity index (χ2v) is 9.41. The summed E-state index contributed by atoms with van der Waals surface area (Å²) in [4.78, 5) is 27.1. The van der Waals surface area contributed by atoms with E-state index in [2.05, 4.69) is 31.3 Å². The molecule has 3 aromatic rings. The van der Waals surface area contributed by atoms with Gasteiger partial charge in [0.1, 0.15) is 5.37 Å². The molecule has 1 heterocycles. The summed E-state index contributed by atoms with van der Waals surface area (Å²) in [6, 6.07) is 25.8. The highest BCUT2D eigenvalue weighted by Gasteiger charge is 2.32. The summed E-state index contributed by atoms with van der Waals surface area (Å²) in [6.45, 7) is 4.98. The Kier molecular flexibility index (Phi) is 6.96. The lowest BCUT2D eigenvalue weighted by atomic mass is 10.0. The van der Waals surface area contributed by atoms with Gasteiger partial charge < -0.3 is 10.2 Å². The van der Waals surface area contributed by atoms with Gasteiger partial charge in [0.25, 0.3) is 5.91 Å². The minimum atomic E-state index is -0.134. The second-order valence-electron chi connectivity index (χ2n) is 8.34. The average molecular weight is 445 g/mol. The molecule has 0 aromatic heterocycles. The Morgan fingerprint density at radius 2 is 1.69 bits per heavy atom. The summed E-state index contributed by atoms with van der Waals surface area (Å²) >= 11 is 1.64. The fourth-order valence-corrected chi connectivity index (χ4v) is 5.04. The number of thioether (sulfide) groups is 1. The molecular formula is C27H28N2O2S. The third kappa shape index (κ3) is 5.22. The highest BCUT2D eigenvalue weighted by atomic mass is 32.2. The van der Waals surface area contributed by atoms with Gasteiger partial charge in [0.2, 0.25) is 5.91 Å². The predicted molar refractivity (Wildman–Crippen MR) is 132 cm³/mol. The van der Waals surface area contributed by atoms with Crippen LogP contribution >= 0.6 is 11.8 Å². The molecule has 32 heavy (non-hydrogen) atoms. The van der Waals surface area contributed by atoms with E-state index in [0.717, 1.165) is 17.7 Å². The number of carbonyl (C=O) groups excluding carboxylic acids is 2. The summed E-state index contributed by atoms with van der Waals surface area (Å²) in [6.07, 6.45) is 0.833. The first-order valence-corrected chi connectivity index (χ1v) is 12.0. The predicted octanol–water partition coefficient (Wildman–Crippen LogP) is 5.88. The highest BCUT2D eigenvalue weighted by molar-refractivity contribution is 8.00. The summed E-state index contributed by atoms with van der Waals surface area (Å²) in [7, 11) is 0. The van der Waals surface area contributed by atoms with Gasteiger partial charge in [-0.15, -0.1) is 11.8 Å². The van der Waals surface area contributed by atoms with Crippen LogP contribution in [-0.4, -0.2) is 29.0 Å². The van der Waals surface area contributed by atoms with Gasteiger partial charge in [0.15, 0.2) is 0 Å². The molecule has 0 bridgehead atoms. The van der Waals surface area contributed by atoms with Gasteiger partial charge in [-0.25, -0.2) is 0 Å². The first kappa shape index (κ1) is 22.2. The van der Waals surface area contributed by atoms with Crippen molar-refractivity contribution in [3.8, 4) is 0 Å². The Hall–Kier alpha value is -3.05. The van der Waals surface area contributed by atoms with Crippen molar-refractivity contribution in [1.82, 2.24) is 4.90 Å². The van der Waals surface area contributed by atoms with Gasteiger partial charge >= 0.3 is 0 Å². The largest absolute Gasteiger partial charge is 0.326 e. The zero-order chi connectivity index (χ0) is 22.5. The highest BCUT2D eigenvalue weighted by Crippen LogP contribution is 2.38. The molecule has 4 nitrogen and oxygen atoms in total. The van der Waals surface area contributed by atoms with Crippen LogP contribution in [-0.2, 0) is 11.2 Å². The van der Waals surface area contributed by atoms with Crippen LogP contribution in [0.25, 0.3) is 0 Å². The molecule has 1 aliphatic rings. The van der Waals surface area contributed by atoms with E-state index in [1.807, 2.05) is 71.6 Å². The lowest BCUT2D eigenvalue weighted by Gasteiger charge is -2.24. The molecule has 1 saturated heterocycles. The van der Waals surface area contributed by atoms with Crippen LogP contribution in [0.4, 0.5) is 5.69 Å². The number of amides is 2. The van der Waals surface area contributed by atoms with E-state index in [4.69, 9.17) is 0 Å². The first-order chi connectivity index (χ1) is 15.5. The Balaban J connectivity index is 1.40. The van der Waals surface area contributed by atoms with Gasteiger partial charge in [-0.2, -0.15) is 0 Å². The second kappa shape index (κ2) is 10.0. The van der Waals surface area contributed by atoms with Crippen LogP contribution < -0.4 is 5.32 Å². The summed E-state index contributed by atoms with van der Waals surface area (Å²) < 4.78 is 0. The Morgan fingerprint density at radius 3 is 2.34 bits per heavy atom. The SMILES string of the molecule is CC(C)c1ccc(NC(=O)c2ccc([C@@H]3SCC(=O)N3CCc3ccccc3)cc2)cc1. The number of nitrogens with one attached hydrogen (secondary N) is 1. The lowest BCUT2D eigenvalue weighted by Crippen LogP contribution is -2.30. The molecule has 1 N–H and O–H groups in total. The van der Waals surface area contributed by atoms with Gasteiger partial charge in [0.05, 0.1) is 5.75 Å². The lowest BCUT2D eigenvalue weighted by molar-refractivity contribution is -0.128. The minimum absolute atomic E-state index is 0.00750. The number of carbonyl (C=O) groups is 2. The van der Waals surface area contributed by atoms with E-state index in [1.54, 1.807) is 11.8 Å². The van der Waals surface area contributed by atoms with Crippen LogP contribution in [0.5, 0.6) is 0 Å². The van der Waals surface area contributed by atoms with Crippen LogP contribution in [0.2, 0.25) is 0 Å². The quantitative estimate of drug-likeness (QED) is 0.495. The minimum Gasteiger partial charge on any atom is -0.326 e. The molecule has 164 valence electrons. The van der Waals surface area contributed by atoms with Crippen molar-refractivity contribution in [2.75, 3.05) is 17.6 Å². The third-order valence-electron chi connectivity index (χ3n) is 5.75. The van der Waals surface area contributed by atoms with E-state index in [1.165, 1.54) is 11.1 Å². The number of hydrogen-bond donors (Lipinski definition) is 1. The summed E-state index contributed by atoms with van der Waals surface area (Å²) in [5.74, 6) is 0.987. The van der Waals surface area contributed by atoms with Crippen molar-refractivity contribution in [1.29, 1.82) is 0 Å². The van der Waals surface area contributed by atoms with Gasteiger partial charge in [-0.1, -0.05) is 68.4 Å². The zero-order valence-electron chi connectivity index (χ0n) is 18.5. The van der Waals surface area contributed by atoms with E-state index in [0.29, 0.717) is 23.8 Å². The molecule has 0 saturated carbocycles. The molecule has 1 atom stereocenters. The Bertz CT molecular complexity index is 1060. The molecule has 1 fully saturated rings. The number of nitrogens with zero attached hydrogens (tertiary/aromatic N) is 1. The third-order valence-corrected chi connectivity index (χ3v) is 7.00. The van der Waals surface area contributed by atoms with Crippen molar-refractivity contribution >= 4 is 29.3 Å². The standard InChI is InChI=1S/C27H28N2O2S/c1-19(2)21-12-14-24(15-13-21)28-26(31)22-8-10-23(11-9-22)27-29(25(30)18-32-27)17-16-20-6-4-3-5-7-20/h3-15,19,27H,16-18H2,1-2H3,(H,28,31)/t27-/m0/s1. The molecule has 1 aliphatic heterocycles. The number of rotatable bonds is 7. The fraction of sp³-hybridized carbons (Fsp3) is 0.259. The molecule has 0 aliphatic carbocycles. The molecule has 0 spiro atoms. The summed E-state index contributed by atoms with van der Waals surface area (Å²) in [5, 5.41) is 2.95. The van der Waals surface area contributed by atoms with E-state index < -0.39 is 0 Å². The topological polar surface area (TPSA) is 49.4 Å². The van der Waals surface area contributed by atoms with Gasteiger partial charge in [0, 0.05) is 17.8 Å². The van der Waals surface area contributed by atoms with Crippen LogP contribution in [0.3, 0.4) is 0 Å². The first-order valence-electron chi connectivity index (χ1n) is 11.0. The van der Waals surface area contributed by atoms with E-state index in [-0.39, 0.29) is 17.2 Å². The molecular weight excluding hydrogens is 416 g/mol. The number of benzene rings is 3. The number of anilines is 1. The Labute approximate surface area is 194 Å². The molecule has 4 rings (SSSR count). The van der Waals surface area contributed by atoms with Gasteiger partial charge in [-0.05, 0) is 53.3 Å². The molecule has 0 radical (unpaired) electrons. The molecule has 3 aromatic carbocycles. The van der Waals surface area contributed by atoms with Crippen LogP contribution in [0, 0.1) is 0 Å².